The second kappa shape index (κ2) is 6.01. The van der Waals surface area contributed by atoms with Gasteiger partial charge in [0.15, 0.2) is 5.82 Å². The van der Waals surface area contributed by atoms with Crippen LogP contribution in [-0.2, 0) is 0 Å². The van der Waals surface area contributed by atoms with Crippen molar-refractivity contribution in [2.24, 2.45) is 5.84 Å². The first-order valence-electron chi connectivity index (χ1n) is 5.86. The van der Waals surface area contributed by atoms with Crippen LogP contribution in [0.4, 0.5) is 11.5 Å². The third kappa shape index (κ3) is 2.82. The fraction of sp³-hybridized carbons (Fsp3) is 0.167. The summed E-state index contributed by atoms with van der Waals surface area (Å²) in [6, 6.07) is 4.52. The average Bonchev–Trinajstić information content (AvgIpc) is 2.48. The number of nitro benzene ring substituents is 1. The number of rotatable bonds is 5. The van der Waals surface area contributed by atoms with Gasteiger partial charge in [0.2, 0.25) is 5.75 Å². The number of benzene rings is 1. The second-order valence-corrected chi connectivity index (χ2v) is 3.96. The molecule has 0 spiro atoms. The van der Waals surface area contributed by atoms with E-state index in [0.29, 0.717) is 11.3 Å². The number of anilines is 1. The van der Waals surface area contributed by atoms with E-state index in [1.807, 2.05) is 0 Å². The molecule has 3 N–H and O–H groups in total. The molecular formula is C12H13N5O4. The SMILES string of the molecule is COc1c(NN)ncnc1Oc1cccc([N+](=O)[O-])c1C. The van der Waals surface area contributed by atoms with Crippen molar-refractivity contribution in [2.75, 3.05) is 12.5 Å². The molecule has 1 aromatic heterocycles. The Balaban J connectivity index is 2.44. The van der Waals surface area contributed by atoms with Crippen molar-refractivity contribution >= 4 is 11.5 Å². The van der Waals surface area contributed by atoms with Crippen molar-refractivity contribution in [2.45, 2.75) is 6.92 Å². The Bertz CT molecular complexity index is 677. The zero-order valence-corrected chi connectivity index (χ0v) is 11.4. The molecule has 0 atom stereocenters. The Morgan fingerprint density at radius 3 is 2.76 bits per heavy atom. The molecule has 0 aliphatic carbocycles. The molecule has 1 aromatic carbocycles. The van der Waals surface area contributed by atoms with Crippen molar-refractivity contribution in [3.63, 3.8) is 0 Å². The molecule has 0 radical (unpaired) electrons. The zero-order chi connectivity index (χ0) is 15.4. The highest BCUT2D eigenvalue weighted by Crippen LogP contribution is 2.36. The summed E-state index contributed by atoms with van der Waals surface area (Å²) in [5, 5.41) is 10.9. The van der Waals surface area contributed by atoms with Gasteiger partial charge in [-0.15, -0.1) is 0 Å². The minimum Gasteiger partial charge on any atom is -0.489 e. The van der Waals surface area contributed by atoms with Crippen LogP contribution in [0.5, 0.6) is 17.4 Å². The van der Waals surface area contributed by atoms with Crippen molar-refractivity contribution in [3.8, 4) is 17.4 Å². The summed E-state index contributed by atoms with van der Waals surface area (Å²) in [6.07, 6.45) is 1.24. The summed E-state index contributed by atoms with van der Waals surface area (Å²) in [6.45, 7) is 1.59. The predicted molar refractivity (Wildman–Crippen MR) is 74.3 cm³/mol. The number of aromatic nitrogens is 2. The number of hydrazine groups is 1. The fourth-order valence-corrected chi connectivity index (χ4v) is 1.73. The Labute approximate surface area is 119 Å². The maximum Gasteiger partial charge on any atom is 0.276 e. The summed E-state index contributed by atoms with van der Waals surface area (Å²) in [4.78, 5) is 18.3. The molecule has 1 heterocycles. The van der Waals surface area contributed by atoms with Crippen LogP contribution in [-0.4, -0.2) is 22.0 Å². The summed E-state index contributed by atoms with van der Waals surface area (Å²) < 4.78 is 10.7. The zero-order valence-electron chi connectivity index (χ0n) is 11.4. The number of nitro groups is 1. The number of methoxy groups -OCH3 is 1. The van der Waals surface area contributed by atoms with Crippen LogP contribution >= 0.6 is 0 Å². The summed E-state index contributed by atoms with van der Waals surface area (Å²) in [7, 11) is 1.41. The molecule has 2 aromatic rings. The summed E-state index contributed by atoms with van der Waals surface area (Å²) in [5.74, 6) is 6.15. The Morgan fingerprint density at radius 1 is 1.38 bits per heavy atom. The van der Waals surface area contributed by atoms with Gasteiger partial charge in [-0.3, -0.25) is 10.1 Å². The minimum atomic E-state index is -0.480. The van der Waals surface area contributed by atoms with Crippen molar-refractivity contribution in [1.29, 1.82) is 0 Å². The van der Waals surface area contributed by atoms with E-state index in [2.05, 4.69) is 15.4 Å². The number of nitrogens with one attached hydrogen (secondary N) is 1. The van der Waals surface area contributed by atoms with Gasteiger partial charge in [-0.25, -0.2) is 10.8 Å². The first-order chi connectivity index (χ1) is 10.1. The first-order valence-corrected chi connectivity index (χ1v) is 5.86. The lowest BCUT2D eigenvalue weighted by Crippen LogP contribution is -2.11. The van der Waals surface area contributed by atoms with Crippen LogP contribution in [0.25, 0.3) is 0 Å². The Morgan fingerprint density at radius 2 is 2.14 bits per heavy atom. The number of hydrogen-bond acceptors (Lipinski definition) is 8. The van der Waals surface area contributed by atoms with Gasteiger partial charge in [0, 0.05) is 6.07 Å². The largest absolute Gasteiger partial charge is 0.489 e. The van der Waals surface area contributed by atoms with Crippen molar-refractivity contribution < 1.29 is 14.4 Å². The highest BCUT2D eigenvalue weighted by Gasteiger charge is 2.18. The lowest BCUT2D eigenvalue weighted by molar-refractivity contribution is -0.385. The predicted octanol–water partition coefficient (Wildman–Crippen LogP) is 1.78. The third-order valence-electron chi connectivity index (χ3n) is 2.77. The summed E-state index contributed by atoms with van der Waals surface area (Å²) in [5.41, 5.74) is 2.69. The van der Waals surface area contributed by atoms with Crippen LogP contribution in [0.15, 0.2) is 24.5 Å². The molecule has 0 unspecified atom stereocenters. The molecule has 9 heteroatoms. The lowest BCUT2D eigenvalue weighted by atomic mass is 10.2. The van der Waals surface area contributed by atoms with Crippen molar-refractivity contribution in [3.05, 3.63) is 40.2 Å². The molecule has 0 fully saturated rings. The fourth-order valence-electron chi connectivity index (χ4n) is 1.73. The highest BCUT2D eigenvalue weighted by molar-refractivity contribution is 5.56. The van der Waals surface area contributed by atoms with E-state index < -0.39 is 4.92 Å². The average molecular weight is 291 g/mol. The maximum atomic E-state index is 10.9. The summed E-state index contributed by atoms with van der Waals surface area (Å²) >= 11 is 0. The van der Waals surface area contributed by atoms with Gasteiger partial charge in [0.05, 0.1) is 17.6 Å². The van der Waals surface area contributed by atoms with E-state index in [-0.39, 0.29) is 23.1 Å². The van der Waals surface area contributed by atoms with Crippen LogP contribution in [0.2, 0.25) is 0 Å². The normalized spacial score (nSPS) is 10.0. The Hall–Kier alpha value is -2.94. The topological polar surface area (TPSA) is 125 Å². The molecule has 0 saturated heterocycles. The van der Waals surface area contributed by atoms with E-state index in [0.717, 1.165) is 0 Å². The molecule has 0 aliphatic rings. The van der Waals surface area contributed by atoms with Crippen LogP contribution < -0.4 is 20.7 Å². The molecule has 2 rings (SSSR count). The van der Waals surface area contributed by atoms with E-state index in [1.54, 1.807) is 13.0 Å². The second-order valence-electron chi connectivity index (χ2n) is 3.96. The van der Waals surface area contributed by atoms with Gasteiger partial charge in [-0.05, 0) is 13.0 Å². The van der Waals surface area contributed by atoms with Gasteiger partial charge in [0.1, 0.15) is 12.1 Å². The van der Waals surface area contributed by atoms with E-state index in [4.69, 9.17) is 15.3 Å². The van der Waals surface area contributed by atoms with Gasteiger partial charge < -0.3 is 14.9 Å². The van der Waals surface area contributed by atoms with Gasteiger partial charge in [-0.1, -0.05) is 6.07 Å². The number of nitrogens with two attached hydrogens (primary N) is 1. The minimum absolute atomic E-state index is 0.0438. The lowest BCUT2D eigenvalue weighted by Gasteiger charge is -2.12. The highest BCUT2D eigenvalue weighted by atomic mass is 16.6. The molecule has 0 amide bonds. The van der Waals surface area contributed by atoms with Gasteiger partial charge in [0.25, 0.3) is 11.6 Å². The monoisotopic (exact) mass is 291 g/mol. The van der Waals surface area contributed by atoms with E-state index >= 15 is 0 Å². The molecule has 110 valence electrons. The van der Waals surface area contributed by atoms with Crippen molar-refractivity contribution in [1.82, 2.24) is 9.97 Å². The molecule has 9 nitrogen and oxygen atoms in total. The molecule has 0 bridgehead atoms. The number of nitrogens with zero attached hydrogens (tertiary/aromatic N) is 3. The molecule has 21 heavy (non-hydrogen) atoms. The maximum absolute atomic E-state index is 10.9. The number of ether oxygens (including phenoxy) is 2. The van der Waals surface area contributed by atoms with Crippen LogP contribution in [0, 0.1) is 17.0 Å². The Kier molecular flexibility index (Phi) is 4.14. The van der Waals surface area contributed by atoms with Crippen LogP contribution in [0.1, 0.15) is 5.56 Å². The smallest absolute Gasteiger partial charge is 0.276 e. The number of nitrogen functional groups attached to an aromatic ring is 1. The van der Waals surface area contributed by atoms with E-state index in [9.17, 15) is 10.1 Å². The van der Waals surface area contributed by atoms with Gasteiger partial charge >= 0.3 is 0 Å². The quantitative estimate of drug-likeness (QED) is 0.485. The van der Waals surface area contributed by atoms with E-state index in [1.165, 1.54) is 25.6 Å². The van der Waals surface area contributed by atoms with Gasteiger partial charge in [-0.2, -0.15) is 4.98 Å². The van der Waals surface area contributed by atoms with Crippen LogP contribution in [0.3, 0.4) is 0 Å². The first kappa shape index (κ1) is 14.5. The number of hydrogen-bond donors (Lipinski definition) is 2. The molecule has 0 aliphatic heterocycles. The third-order valence-corrected chi connectivity index (χ3v) is 2.77. The standard InChI is InChI=1S/C12H13N5O4/c1-7-8(17(18)19)4-3-5-9(7)21-12-10(20-2)11(16-13)14-6-15-12/h3-6H,13H2,1-2H3,(H,14,15,16). The molecular weight excluding hydrogens is 278 g/mol. The molecule has 0 saturated carbocycles.